The van der Waals surface area contributed by atoms with Crippen LogP contribution in [0.15, 0.2) is 46.1 Å². The van der Waals surface area contributed by atoms with E-state index in [1.54, 1.807) is 4.68 Å². The number of rotatable bonds is 4. The topological polar surface area (TPSA) is 93.2 Å². The van der Waals surface area contributed by atoms with E-state index in [0.29, 0.717) is 37.0 Å². The lowest BCUT2D eigenvalue weighted by molar-refractivity contribution is -0.141. The first-order valence-corrected chi connectivity index (χ1v) is 11.3. The van der Waals surface area contributed by atoms with Gasteiger partial charge in [-0.25, -0.2) is 9.67 Å². The van der Waals surface area contributed by atoms with Crippen LogP contribution in [-0.4, -0.2) is 53.9 Å². The maximum absolute atomic E-state index is 13.1. The van der Waals surface area contributed by atoms with Crippen molar-refractivity contribution in [3.63, 3.8) is 0 Å². The minimum Gasteiger partial charge on any atom is -0.388 e. The van der Waals surface area contributed by atoms with Gasteiger partial charge in [0.1, 0.15) is 11.7 Å². The monoisotopic (exact) mass is 485 g/mol. The van der Waals surface area contributed by atoms with Gasteiger partial charge >= 0.3 is 0 Å². The van der Waals surface area contributed by atoms with Gasteiger partial charge in [0.15, 0.2) is 5.65 Å². The van der Waals surface area contributed by atoms with Crippen LogP contribution in [0.4, 0.5) is 0 Å². The summed E-state index contributed by atoms with van der Waals surface area (Å²) < 4.78 is 3.99. The Morgan fingerprint density at radius 2 is 1.97 bits per heavy atom. The summed E-state index contributed by atoms with van der Waals surface area (Å²) in [5.74, 6) is 0.190. The van der Waals surface area contributed by atoms with Crippen LogP contribution in [-0.2, 0) is 11.3 Å². The number of hydrogen-bond acceptors (Lipinski definition) is 5. The van der Waals surface area contributed by atoms with Gasteiger partial charge in [0, 0.05) is 23.0 Å². The summed E-state index contributed by atoms with van der Waals surface area (Å²) >= 11 is 3.45. The molecule has 0 radical (unpaired) electrons. The second-order valence-corrected chi connectivity index (χ2v) is 9.94. The molecule has 2 aliphatic rings. The molecule has 1 saturated heterocycles. The Morgan fingerprint density at radius 3 is 2.65 bits per heavy atom. The Bertz CT molecular complexity index is 1220. The molecule has 1 aliphatic carbocycles. The molecule has 2 aromatic heterocycles. The summed E-state index contributed by atoms with van der Waals surface area (Å²) in [6.45, 7) is 3.17. The van der Waals surface area contributed by atoms with Crippen molar-refractivity contribution < 1.29 is 9.90 Å². The van der Waals surface area contributed by atoms with Crippen molar-refractivity contribution in [1.29, 1.82) is 0 Å². The predicted molar refractivity (Wildman–Crippen MR) is 119 cm³/mol. The first-order valence-electron chi connectivity index (χ1n) is 10.5. The molecule has 0 spiro atoms. The van der Waals surface area contributed by atoms with E-state index in [4.69, 9.17) is 0 Å². The number of likely N-dealkylation sites (tertiary alicyclic amines) is 1. The van der Waals surface area contributed by atoms with Crippen LogP contribution in [0, 0.1) is 5.41 Å². The Kier molecular flexibility index (Phi) is 4.78. The minimum atomic E-state index is -1.04. The predicted octanol–water partition coefficient (Wildman–Crippen LogP) is 2.50. The Balaban J connectivity index is 1.36. The van der Waals surface area contributed by atoms with Crippen molar-refractivity contribution in [2.45, 2.75) is 44.8 Å². The largest absolute Gasteiger partial charge is 0.388 e. The van der Waals surface area contributed by atoms with E-state index >= 15 is 0 Å². The van der Waals surface area contributed by atoms with Crippen molar-refractivity contribution in [3.05, 3.63) is 51.6 Å². The molecule has 5 rings (SSSR count). The number of aromatic nitrogens is 4. The Labute approximate surface area is 187 Å². The van der Waals surface area contributed by atoms with Crippen molar-refractivity contribution in [3.8, 4) is 5.69 Å². The smallest absolute Gasteiger partial charge is 0.264 e. The number of nitrogens with zero attached hydrogens (tertiary/aromatic N) is 5. The van der Waals surface area contributed by atoms with Gasteiger partial charge in [-0.1, -0.05) is 28.9 Å². The second-order valence-electron chi connectivity index (χ2n) is 9.03. The number of hydrogen-bond donors (Lipinski definition) is 1. The van der Waals surface area contributed by atoms with Gasteiger partial charge in [-0.3, -0.25) is 14.2 Å². The number of amides is 1. The molecular weight excluding hydrogens is 462 g/mol. The zero-order chi connectivity index (χ0) is 21.8. The maximum Gasteiger partial charge on any atom is 0.264 e. The van der Waals surface area contributed by atoms with Gasteiger partial charge in [-0.15, -0.1) is 0 Å². The molecule has 1 amide bonds. The molecule has 3 aromatic rings. The van der Waals surface area contributed by atoms with Crippen molar-refractivity contribution in [2.24, 2.45) is 5.41 Å². The summed E-state index contributed by atoms with van der Waals surface area (Å²) in [7, 11) is 0. The van der Waals surface area contributed by atoms with Gasteiger partial charge in [-0.2, -0.15) is 5.10 Å². The third-order valence-corrected chi connectivity index (χ3v) is 7.06. The van der Waals surface area contributed by atoms with Gasteiger partial charge in [0.25, 0.3) is 5.56 Å². The third-order valence-electron chi connectivity index (χ3n) is 6.57. The molecule has 31 heavy (non-hydrogen) atoms. The number of piperidine rings is 1. The third kappa shape index (κ3) is 3.70. The lowest BCUT2D eigenvalue weighted by atomic mass is 9.90. The van der Waals surface area contributed by atoms with Crippen molar-refractivity contribution >= 4 is 32.9 Å². The molecule has 1 aliphatic heterocycles. The fourth-order valence-corrected chi connectivity index (χ4v) is 4.63. The molecule has 162 valence electrons. The summed E-state index contributed by atoms with van der Waals surface area (Å²) in [4.78, 5) is 31.9. The summed E-state index contributed by atoms with van der Waals surface area (Å²) in [6.07, 6.45) is 5.76. The number of aliphatic hydroxyl groups is 1. The van der Waals surface area contributed by atoms with E-state index in [2.05, 4.69) is 26.0 Å². The highest BCUT2D eigenvalue weighted by molar-refractivity contribution is 9.10. The van der Waals surface area contributed by atoms with E-state index < -0.39 is 5.60 Å². The first-order chi connectivity index (χ1) is 14.8. The maximum atomic E-state index is 13.1. The minimum absolute atomic E-state index is 0.149. The van der Waals surface area contributed by atoms with E-state index in [0.717, 1.165) is 23.0 Å². The average Bonchev–Trinajstić information content (AvgIpc) is 3.35. The number of benzene rings is 1. The lowest BCUT2D eigenvalue weighted by Crippen LogP contribution is -2.51. The Morgan fingerprint density at radius 1 is 1.23 bits per heavy atom. The van der Waals surface area contributed by atoms with Crippen LogP contribution in [0.1, 0.15) is 32.6 Å². The van der Waals surface area contributed by atoms with E-state index in [1.807, 2.05) is 36.1 Å². The van der Waals surface area contributed by atoms with Crippen LogP contribution >= 0.6 is 15.9 Å². The number of carbonyl (C=O) groups is 1. The number of halogens is 1. The van der Waals surface area contributed by atoms with Gasteiger partial charge in [0.2, 0.25) is 5.91 Å². The fraction of sp³-hybridized carbons (Fsp3) is 0.455. The first kappa shape index (κ1) is 20.4. The standard InChI is InChI=1S/C22H24BrN5O3/c1-21(5-6-21)20(30)26-9-7-22(31,8-10-26)13-27-14-24-18-17(19(27)29)12-25-28(18)16-4-2-3-15(23)11-16/h2-4,11-12,14,31H,5-10,13H2,1H3. The summed E-state index contributed by atoms with van der Waals surface area (Å²) in [6, 6.07) is 7.61. The molecule has 0 bridgehead atoms. The van der Waals surface area contributed by atoms with Crippen LogP contribution in [0.25, 0.3) is 16.7 Å². The van der Waals surface area contributed by atoms with Gasteiger partial charge < -0.3 is 10.0 Å². The molecule has 8 nitrogen and oxygen atoms in total. The highest BCUT2D eigenvalue weighted by Gasteiger charge is 2.48. The molecular formula is C22H24BrN5O3. The van der Waals surface area contributed by atoms with Crippen LogP contribution in [0.5, 0.6) is 0 Å². The molecule has 3 heterocycles. The van der Waals surface area contributed by atoms with Crippen LogP contribution < -0.4 is 5.56 Å². The van der Waals surface area contributed by atoms with Gasteiger partial charge in [-0.05, 0) is 43.9 Å². The zero-order valence-electron chi connectivity index (χ0n) is 17.3. The number of carbonyl (C=O) groups excluding carboxylic acids is 1. The summed E-state index contributed by atoms with van der Waals surface area (Å²) in [5, 5.41) is 15.8. The SMILES string of the molecule is CC1(C(=O)N2CCC(O)(Cn3cnc4c(cnn4-c4cccc(Br)c4)c3=O)CC2)CC1. The average molecular weight is 486 g/mol. The number of fused-ring (bicyclic) bond motifs is 1. The fourth-order valence-electron chi connectivity index (χ4n) is 4.24. The molecule has 1 saturated carbocycles. The van der Waals surface area contributed by atoms with Crippen LogP contribution in [0.2, 0.25) is 0 Å². The molecule has 1 aromatic carbocycles. The highest BCUT2D eigenvalue weighted by atomic mass is 79.9. The molecule has 2 fully saturated rings. The van der Waals surface area contributed by atoms with E-state index in [-0.39, 0.29) is 23.4 Å². The second kappa shape index (κ2) is 7.27. The normalized spacial score (nSPS) is 19.5. The van der Waals surface area contributed by atoms with Crippen molar-refractivity contribution in [2.75, 3.05) is 13.1 Å². The molecule has 9 heteroatoms. The Hall–Kier alpha value is -2.52. The highest BCUT2D eigenvalue weighted by Crippen LogP contribution is 2.47. The summed E-state index contributed by atoms with van der Waals surface area (Å²) in [5.41, 5.74) is -0.196. The van der Waals surface area contributed by atoms with Gasteiger partial charge in [0.05, 0.1) is 24.0 Å². The quantitative estimate of drug-likeness (QED) is 0.612. The van der Waals surface area contributed by atoms with Crippen molar-refractivity contribution in [1.82, 2.24) is 24.2 Å². The molecule has 0 atom stereocenters. The van der Waals surface area contributed by atoms with E-state index in [9.17, 15) is 14.7 Å². The lowest BCUT2D eigenvalue weighted by Gasteiger charge is -2.39. The molecule has 1 N–H and O–H groups in total. The zero-order valence-corrected chi connectivity index (χ0v) is 18.9. The molecule has 0 unspecified atom stereocenters. The van der Waals surface area contributed by atoms with E-state index in [1.165, 1.54) is 17.1 Å². The van der Waals surface area contributed by atoms with Crippen LogP contribution in [0.3, 0.4) is 0 Å².